The Bertz CT molecular complexity index is 297. The topological polar surface area (TPSA) is 36.4 Å². The predicted molar refractivity (Wildman–Crippen MR) is 67.7 cm³/mol. The fourth-order valence-corrected chi connectivity index (χ4v) is 1.55. The summed E-state index contributed by atoms with van der Waals surface area (Å²) in [6, 6.07) is 3.93. The first-order valence-electron chi connectivity index (χ1n) is 6.04. The predicted octanol–water partition coefficient (Wildman–Crippen LogP) is 2.76. The highest BCUT2D eigenvalue weighted by Crippen LogP contribution is 2.17. The van der Waals surface area contributed by atoms with E-state index in [1.165, 1.54) is 12.8 Å². The number of nitrogens with zero attached hydrogens (tertiary/aromatic N) is 2. The van der Waals surface area contributed by atoms with Crippen LogP contribution in [0, 0.1) is 0 Å². The highest BCUT2D eigenvalue weighted by atomic mass is 16.3. The summed E-state index contributed by atoms with van der Waals surface area (Å²) in [5.74, 6) is 0. The zero-order valence-corrected chi connectivity index (χ0v) is 10.5. The minimum absolute atomic E-state index is 0.435. The molecule has 1 aromatic rings. The van der Waals surface area contributed by atoms with Gasteiger partial charge in [0.15, 0.2) is 0 Å². The molecule has 0 spiro atoms. The molecule has 1 N–H and O–H groups in total. The smallest absolute Gasteiger partial charge is 0.0957 e. The highest BCUT2D eigenvalue weighted by Gasteiger charge is 2.07. The summed E-state index contributed by atoms with van der Waals surface area (Å²) in [5.41, 5.74) is 1.87. The lowest BCUT2D eigenvalue weighted by molar-refractivity contribution is 0.169. The van der Waals surface area contributed by atoms with E-state index >= 15 is 0 Å². The second kappa shape index (κ2) is 6.48. The van der Waals surface area contributed by atoms with Gasteiger partial charge in [-0.1, -0.05) is 20.3 Å². The van der Waals surface area contributed by atoms with Crippen molar-refractivity contribution >= 4 is 5.69 Å². The number of pyridine rings is 1. The Morgan fingerprint density at radius 2 is 2.12 bits per heavy atom. The van der Waals surface area contributed by atoms with Crippen LogP contribution in [0.25, 0.3) is 0 Å². The Kier molecular flexibility index (Phi) is 5.26. The van der Waals surface area contributed by atoms with Crippen molar-refractivity contribution in [3.8, 4) is 0 Å². The van der Waals surface area contributed by atoms with Gasteiger partial charge in [0.05, 0.1) is 23.7 Å². The summed E-state index contributed by atoms with van der Waals surface area (Å²) in [6.45, 7) is 5.19. The summed E-state index contributed by atoms with van der Waals surface area (Å²) in [4.78, 5) is 6.48. The van der Waals surface area contributed by atoms with Crippen molar-refractivity contribution in [2.75, 3.05) is 18.5 Å². The van der Waals surface area contributed by atoms with Crippen LogP contribution in [0.1, 0.15) is 44.9 Å². The SMILES string of the molecule is CCCCN(C)c1ccc(C(O)CC)nc1. The molecule has 0 aromatic carbocycles. The monoisotopic (exact) mass is 222 g/mol. The lowest BCUT2D eigenvalue weighted by atomic mass is 10.2. The van der Waals surface area contributed by atoms with E-state index < -0.39 is 6.10 Å². The first-order chi connectivity index (χ1) is 7.69. The molecular weight excluding hydrogens is 200 g/mol. The fraction of sp³-hybridized carbons (Fsp3) is 0.615. The van der Waals surface area contributed by atoms with Crippen LogP contribution < -0.4 is 4.90 Å². The van der Waals surface area contributed by atoms with Crippen LogP contribution in [0.3, 0.4) is 0 Å². The number of aliphatic hydroxyl groups excluding tert-OH is 1. The largest absolute Gasteiger partial charge is 0.387 e. The molecule has 1 unspecified atom stereocenters. The summed E-state index contributed by atoms with van der Waals surface area (Å²) < 4.78 is 0. The molecule has 0 radical (unpaired) electrons. The molecule has 3 nitrogen and oxygen atoms in total. The molecule has 0 bridgehead atoms. The van der Waals surface area contributed by atoms with Crippen LogP contribution in [0.4, 0.5) is 5.69 Å². The Hall–Kier alpha value is -1.09. The minimum Gasteiger partial charge on any atom is -0.387 e. The van der Waals surface area contributed by atoms with Gasteiger partial charge in [0.2, 0.25) is 0 Å². The number of unbranched alkanes of at least 4 members (excludes halogenated alkanes) is 1. The molecule has 1 heterocycles. The number of rotatable bonds is 6. The number of anilines is 1. The van der Waals surface area contributed by atoms with Crippen molar-refractivity contribution in [3.63, 3.8) is 0 Å². The van der Waals surface area contributed by atoms with Gasteiger partial charge < -0.3 is 10.0 Å². The molecule has 0 aliphatic heterocycles. The second-order valence-corrected chi connectivity index (χ2v) is 4.14. The van der Waals surface area contributed by atoms with Crippen molar-refractivity contribution in [3.05, 3.63) is 24.0 Å². The van der Waals surface area contributed by atoms with Crippen LogP contribution in [-0.2, 0) is 0 Å². The lowest BCUT2D eigenvalue weighted by Crippen LogP contribution is -2.18. The van der Waals surface area contributed by atoms with E-state index in [9.17, 15) is 5.11 Å². The highest BCUT2D eigenvalue weighted by molar-refractivity contribution is 5.43. The average molecular weight is 222 g/mol. The summed E-state index contributed by atoms with van der Waals surface area (Å²) in [7, 11) is 2.07. The Labute approximate surface area is 98.1 Å². The Morgan fingerprint density at radius 3 is 2.62 bits per heavy atom. The third kappa shape index (κ3) is 3.49. The van der Waals surface area contributed by atoms with Gasteiger partial charge in [-0.05, 0) is 25.0 Å². The van der Waals surface area contributed by atoms with Crippen molar-refractivity contribution < 1.29 is 5.11 Å². The van der Waals surface area contributed by atoms with Gasteiger partial charge in [-0.15, -0.1) is 0 Å². The summed E-state index contributed by atoms with van der Waals surface area (Å²) in [6.07, 6.45) is 4.50. The normalized spacial score (nSPS) is 12.5. The fourth-order valence-electron chi connectivity index (χ4n) is 1.55. The molecule has 90 valence electrons. The minimum atomic E-state index is -0.435. The van der Waals surface area contributed by atoms with Crippen LogP contribution in [0.5, 0.6) is 0 Å². The standard InChI is InChI=1S/C13H22N2O/c1-4-6-9-15(3)11-7-8-12(14-10-11)13(16)5-2/h7-8,10,13,16H,4-6,9H2,1-3H3. The van der Waals surface area contributed by atoms with Crippen molar-refractivity contribution in [1.82, 2.24) is 4.98 Å². The maximum atomic E-state index is 9.62. The maximum Gasteiger partial charge on any atom is 0.0957 e. The van der Waals surface area contributed by atoms with Gasteiger partial charge in [-0.25, -0.2) is 0 Å². The van der Waals surface area contributed by atoms with E-state index in [0.717, 1.165) is 17.9 Å². The van der Waals surface area contributed by atoms with Gasteiger partial charge >= 0.3 is 0 Å². The second-order valence-electron chi connectivity index (χ2n) is 4.14. The molecule has 1 rings (SSSR count). The summed E-state index contributed by atoms with van der Waals surface area (Å²) in [5, 5.41) is 9.62. The third-order valence-corrected chi connectivity index (χ3v) is 2.79. The average Bonchev–Trinajstić information content (AvgIpc) is 2.35. The van der Waals surface area contributed by atoms with Crippen LogP contribution in [0.2, 0.25) is 0 Å². The van der Waals surface area contributed by atoms with E-state index in [1.807, 2.05) is 25.3 Å². The molecule has 1 aromatic heterocycles. The number of hydrogen-bond acceptors (Lipinski definition) is 3. The molecule has 0 aliphatic rings. The molecule has 0 aliphatic carbocycles. The molecule has 3 heteroatoms. The van der Waals surface area contributed by atoms with Crippen molar-refractivity contribution in [2.24, 2.45) is 0 Å². The molecule has 16 heavy (non-hydrogen) atoms. The molecule has 0 saturated carbocycles. The van der Waals surface area contributed by atoms with Gasteiger partial charge in [0.1, 0.15) is 0 Å². The molecular formula is C13H22N2O. The van der Waals surface area contributed by atoms with E-state index in [0.29, 0.717) is 6.42 Å². The first kappa shape index (κ1) is 13.0. The van der Waals surface area contributed by atoms with Crippen molar-refractivity contribution in [1.29, 1.82) is 0 Å². The molecule has 0 fully saturated rings. The number of aliphatic hydroxyl groups is 1. The third-order valence-electron chi connectivity index (χ3n) is 2.79. The van der Waals surface area contributed by atoms with Gasteiger partial charge in [0.25, 0.3) is 0 Å². The number of hydrogen-bond donors (Lipinski definition) is 1. The maximum absolute atomic E-state index is 9.62. The van der Waals surface area contributed by atoms with E-state index in [-0.39, 0.29) is 0 Å². The van der Waals surface area contributed by atoms with E-state index in [1.54, 1.807) is 0 Å². The zero-order valence-electron chi connectivity index (χ0n) is 10.5. The van der Waals surface area contributed by atoms with Gasteiger partial charge in [-0.2, -0.15) is 0 Å². The quantitative estimate of drug-likeness (QED) is 0.804. The van der Waals surface area contributed by atoms with Gasteiger partial charge in [0, 0.05) is 13.6 Å². The van der Waals surface area contributed by atoms with E-state index in [2.05, 4.69) is 23.9 Å². The number of aromatic nitrogens is 1. The van der Waals surface area contributed by atoms with Crippen LogP contribution in [-0.4, -0.2) is 23.7 Å². The first-order valence-corrected chi connectivity index (χ1v) is 6.04. The molecule has 0 amide bonds. The zero-order chi connectivity index (χ0) is 12.0. The molecule has 0 saturated heterocycles. The van der Waals surface area contributed by atoms with Crippen molar-refractivity contribution in [2.45, 2.75) is 39.2 Å². The summed E-state index contributed by atoms with van der Waals surface area (Å²) >= 11 is 0. The molecule has 1 atom stereocenters. The van der Waals surface area contributed by atoms with Crippen LogP contribution >= 0.6 is 0 Å². The van der Waals surface area contributed by atoms with Gasteiger partial charge in [-0.3, -0.25) is 4.98 Å². The lowest BCUT2D eigenvalue weighted by Gasteiger charge is -2.19. The Morgan fingerprint density at radius 1 is 1.38 bits per heavy atom. The van der Waals surface area contributed by atoms with Crippen LogP contribution in [0.15, 0.2) is 18.3 Å². The van der Waals surface area contributed by atoms with E-state index in [4.69, 9.17) is 0 Å². The Balaban J connectivity index is 2.63.